The van der Waals surface area contributed by atoms with Gasteiger partial charge >= 0.3 is 0 Å². The minimum atomic E-state index is -0.607. The molecule has 19 heavy (non-hydrogen) atoms. The van der Waals surface area contributed by atoms with E-state index >= 15 is 0 Å². The van der Waals surface area contributed by atoms with Crippen LogP contribution in [0.3, 0.4) is 0 Å². The van der Waals surface area contributed by atoms with E-state index in [4.69, 9.17) is 0 Å². The Hall–Kier alpha value is -2.17. The molecule has 1 aromatic heterocycles. The molecule has 0 aliphatic rings. The van der Waals surface area contributed by atoms with Crippen LogP contribution in [0, 0.1) is 11.6 Å². The fraction of sp³-hybridized carbons (Fsp3) is 0.214. The van der Waals surface area contributed by atoms with E-state index in [0.29, 0.717) is 11.3 Å². The van der Waals surface area contributed by atoms with E-state index in [0.717, 1.165) is 6.07 Å². The molecule has 0 saturated heterocycles. The summed E-state index contributed by atoms with van der Waals surface area (Å²) in [5, 5.41) is 3.09. The lowest BCUT2D eigenvalue weighted by Gasteiger charge is -2.16. The van der Waals surface area contributed by atoms with Gasteiger partial charge in [0.05, 0.1) is 5.69 Å². The van der Waals surface area contributed by atoms with Crippen LogP contribution < -0.4 is 10.9 Å². The largest absolute Gasteiger partial charge is 0.377 e. The summed E-state index contributed by atoms with van der Waals surface area (Å²) >= 11 is 0. The molecule has 2 aromatic rings. The molecule has 1 atom stereocenters. The second kappa shape index (κ2) is 5.22. The molecule has 1 aromatic carbocycles. The van der Waals surface area contributed by atoms with Crippen molar-refractivity contribution < 1.29 is 8.78 Å². The number of benzene rings is 1. The van der Waals surface area contributed by atoms with Crippen molar-refractivity contribution in [2.24, 2.45) is 7.05 Å². The van der Waals surface area contributed by atoms with Gasteiger partial charge in [-0.2, -0.15) is 0 Å². The van der Waals surface area contributed by atoms with Gasteiger partial charge in [-0.25, -0.2) is 8.78 Å². The molecule has 1 N–H and O–H groups in total. The normalized spacial score (nSPS) is 12.2. The molecule has 0 spiro atoms. The average molecular weight is 264 g/mol. The van der Waals surface area contributed by atoms with Gasteiger partial charge in [-0.3, -0.25) is 4.79 Å². The number of pyridine rings is 1. The molecule has 2 rings (SSSR count). The molecule has 0 saturated carbocycles. The molecule has 3 nitrogen and oxygen atoms in total. The summed E-state index contributed by atoms with van der Waals surface area (Å²) in [6, 6.07) is 6.19. The third-order valence-corrected chi connectivity index (χ3v) is 2.85. The Bertz CT molecular complexity index is 632. The number of nitrogens with zero attached hydrogens (tertiary/aromatic N) is 1. The zero-order valence-corrected chi connectivity index (χ0v) is 10.7. The number of hydrogen-bond donors (Lipinski definition) is 1. The summed E-state index contributed by atoms with van der Waals surface area (Å²) in [4.78, 5) is 11.3. The Labute approximate surface area is 109 Å². The molecule has 0 fully saturated rings. The topological polar surface area (TPSA) is 34.0 Å². The van der Waals surface area contributed by atoms with Crippen LogP contribution in [0.2, 0.25) is 0 Å². The van der Waals surface area contributed by atoms with Gasteiger partial charge in [0.25, 0.3) is 0 Å². The number of nitrogens with one attached hydrogen (secondary N) is 1. The van der Waals surface area contributed by atoms with Gasteiger partial charge in [-0.05, 0) is 30.7 Å². The molecule has 0 bridgehead atoms. The highest BCUT2D eigenvalue weighted by molar-refractivity contribution is 5.43. The molecule has 0 aliphatic heterocycles. The Morgan fingerprint density at radius 2 is 1.79 bits per heavy atom. The van der Waals surface area contributed by atoms with Crippen LogP contribution in [-0.2, 0) is 7.05 Å². The number of anilines is 1. The standard InChI is InChI=1S/C14H14F2N2O/c1-9(10-5-11(15)7-12(16)6-10)17-13-3-4-14(19)18(2)8-13/h3-9,17H,1-2H3. The third-order valence-electron chi connectivity index (χ3n) is 2.85. The molecule has 0 aliphatic carbocycles. The molecular weight excluding hydrogens is 250 g/mol. The van der Waals surface area contributed by atoms with Gasteiger partial charge in [0, 0.05) is 31.4 Å². The Kier molecular flexibility index (Phi) is 3.64. The van der Waals surface area contributed by atoms with Crippen LogP contribution in [-0.4, -0.2) is 4.57 Å². The van der Waals surface area contributed by atoms with Crippen molar-refractivity contribution in [1.29, 1.82) is 0 Å². The zero-order chi connectivity index (χ0) is 14.0. The van der Waals surface area contributed by atoms with Crippen LogP contribution in [0.1, 0.15) is 18.5 Å². The van der Waals surface area contributed by atoms with E-state index < -0.39 is 11.6 Å². The SMILES string of the molecule is CC(Nc1ccc(=O)n(C)c1)c1cc(F)cc(F)c1. The maximum absolute atomic E-state index is 13.1. The Morgan fingerprint density at radius 1 is 1.16 bits per heavy atom. The Morgan fingerprint density at radius 3 is 2.37 bits per heavy atom. The number of hydrogen-bond acceptors (Lipinski definition) is 2. The zero-order valence-electron chi connectivity index (χ0n) is 10.7. The molecular formula is C14H14F2N2O. The smallest absolute Gasteiger partial charge is 0.250 e. The summed E-state index contributed by atoms with van der Waals surface area (Å²) in [6.07, 6.45) is 1.63. The highest BCUT2D eigenvalue weighted by Crippen LogP contribution is 2.20. The second-order valence-corrected chi connectivity index (χ2v) is 4.44. The number of rotatable bonds is 3. The van der Waals surface area contributed by atoms with Crippen molar-refractivity contribution in [1.82, 2.24) is 4.57 Å². The van der Waals surface area contributed by atoms with Gasteiger partial charge < -0.3 is 9.88 Å². The predicted octanol–water partition coefficient (Wildman–Crippen LogP) is 2.84. The summed E-state index contributed by atoms with van der Waals surface area (Å²) in [5.74, 6) is -1.21. The summed E-state index contributed by atoms with van der Waals surface area (Å²) < 4.78 is 27.7. The van der Waals surface area contributed by atoms with E-state index in [1.165, 1.54) is 22.8 Å². The fourth-order valence-corrected chi connectivity index (χ4v) is 1.84. The van der Waals surface area contributed by atoms with Crippen molar-refractivity contribution >= 4 is 5.69 Å². The van der Waals surface area contributed by atoms with E-state index in [1.807, 2.05) is 0 Å². The minimum absolute atomic E-state index is 0.116. The maximum atomic E-state index is 13.1. The maximum Gasteiger partial charge on any atom is 0.250 e. The molecule has 5 heteroatoms. The van der Waals surface area contributed by atoms with Crippen molar-refractivity contribution in [3.63, 3.8) is 0 Å². The van der Waals surface area contributed by atoms with E-state index in [-0.39, 0.29) is 11.6 Å². The lowest BCUT2D eigenvalue weighted by Crippen LogP contribution is -2.16. The molecule has 100 valence electrons. The first-order chi connectivity index (χ1) is 8.95. The lowest BCUT2D eigenvalue weighted by atomic mass is 10.1. The van der Waals surface area contributed by atoms with Crippen LogP contribution >= 0.6 is 0 Å². The first-order valence-corrected chi connectivity index (χ1v) is 5.85. The first kappa shape index (κ1) is 13.3. The van der Waals surface area contributed by atoms with Crippen molar-refractivity contribution in [2.75, 3.05) is 5.32 Å². The summed E-state index contributed by atoms with van der Waals surface area (Å²) in [6.45, 7) is 1.79. The van der Waals surface area contributed by atoms with Gasteiger partial charge in [-0.15, -0.1) is 0 Å². The second-order valence-electron chi connectivity index (χ2n) is 4.44. The molecule has 0 amide bonds. The van der Waals surface area contributed by atoms with E-state index in [9.17, 15) is 13.6 Å². The van der Waals surface area contributed by atoms with Crippen LogP contribution in [0.25, 0.3) is 0 Å². The van der Waals surface area contributed by atoms with Crippen LogP contribution in [0.4, 0.5) is 14.5 Å². The quantitative estimate of drug-likeness (QED) is 0.925. The first-order valence-electron chi connectivity index (χ1n) is 5.85. The van der Waals surface area contributed by atoms with Gasteiger partial charge in [0.2, 0.25) is 5.56 Å². The average Bonchev–Trinajstić information content (AvgIpc) is 2.32. The summed E-state index contributed by atoms with van der Waals surface area (Å²) in [7, 11) is 1.64. The van der Waals surface area contributed by atoms with Crippen molar-refractivity contribution in [3.8, 4) is 0 Å². The number of aryl methyl sites for hydroxylation is 1. The highest BCUT2D eigenvalue weighted by Gasteiger charge is 2.09. The van der Waals surface area contributed by atoms with Crippen LogP contribution in [0.5, 0.6) is 0 Å². The van der Waals surface area contributed by atoms with Gasteiger partial charge in [0.1, 0.15) is 11.6 Å². The van der Waals surface area contributed by atoms with Gasteiger partial charge in [0.15, 0.2) is 0 Å². The molecule has 1 unspecified atom stereocenters. The van der Waals surface area contributed by atoms with Crippen molar-refractivity contribution in [2.45, 2.75) is 13.0 Å². The van der Waals surface area contributed by atoms with E-state index in [1.54, 1.807) is 26.2 Å². The third kappa shape index (κ3) is 3.19. The highest BCUT2D eigenvalue weighted by atomic mass is 19.1. The molecule has 0 radical (unpaired) electrons. The van der Waals surface area contributed by atoms with E-state index in [2.05, 4.69) is 5.32 Å². The lowest BCUT2D eigenvalue weighted by molar-refractivity contribution is 0.577. The summed E-state index contributed by atoms with van der Waals surface area (Å²) in [5.41, 5.74) is 1.10. The fourth-order valence-electron chi connectivity index (χ4n) is 1.84. The van der Waals surface area contributed by atoms with Crippen LogP contribution in [0.15, 0.2) is 41.3 Å². The monoisotopic (exact) mass is 264 g/mol. The van der Waals surface area contributed by atoms with Gasteiger partial charge in [-0.1, -0.05) is 0 Å². The van der Waals surface area contributed by atoms with Crippen molar-refractivity contribution in [3.05, 3.63) is 64.1 Å². The predicted molar refractivity (Wildman–Crippen MR) is 70.1 cm³/mol. The number of halogens is 2. The number of aromatic nitrogens is 1. The minimum Gasteiger partial charge on any atom is -0.377 e. The Balaban J connectivity index is 2.22. The molecule has 1 heterocycles.